The zero-order valence-electron chi connectivity index (χ0n) is 16.5. The summed E-state index contributed by atoms with van der Waals surface area (Å²) in [7, 11) is 0. The SMILES string of the molecule is Cc1noc(C)c1-c1cccc(CCn2cnc3ccc(C(=O)NO)cc3c2=O)c1. The van der Waals surface area contributed by atoms with Crippen LogP contribution in [0.3, 0.4) is 0 Å². The van der Waals surface area contributed by atoms with Gasteiger partial charge in [0.2, 0.25) is 0 Å². The Hall–Kier alpha value is -3.78. The van der Waals surface area contributed by atoms with Crippen molar-refractivity contribution in [1.82, 2.24) is 20.2 Å². The van der Waals surface area contributed by atoms with E-state index in [4.69, 9.17) is 9.73 Å². The zero-order valence-corrected chi connectivity index (χ0v) is 16.5. The van der Waals surface area contributed by atoms with Gasteiger partial charge in [-0.25, -0.2) is 10.5 Å². The number of amides is 1. The summed E-state index contributed by atoms with van der Waals surface area (Å²) < 4.78 is 6.78. The molecular formula is C22H20N4O4. The molecule has 0 aliphatic heterocycles. The molecule has 2 N–H and O–H groups in total. The van der Waals surface area contributed by atoms with Crippen LogP contribution in [-0.4, -0.2) is 25.8 Å². The van der Waals surface area contributed by atoms with E-state index < -0.39 is 5.91 Å². The van der Waals surface area contributed by atoms with Gasteiger partial charge in [0.25, 0.3) is 11.5 Å². The molecule has 8 heteroatoms. The highest BCUT2D eigenvalue weighted by molar-refractivity contribution is 5.97. The molecule has 0 radical (unpaired) electrons. The van der Waals surface area contributed by atoms with Crippen molar-refractivity contribution in [1.29, 1.82) is 0 Å². The molecule has 0 aliphatic carbocycles. The molecule has 0 atom stereocenters. The van der Waals surface area contributed by atoms with Crippen LogP contribution >= 0.6 is 0 Å². The van der Waals surface area contributed by atoms with E-state index in [0.29, 0.717) is 23.9 Å². The molecule has 30 heavy (non-hydrogen) atoms. The number of benzene rings is 2. The average Bonchev–Trinajstić information content (AvgIpc) is 3.10. The molecule has 0 spiro atoms. The number of carbonyl (C=O) groups is 1. The first kappa shape index (κ1) is 19.5. The van der Waals surface area contributed by atoms with Crippen molar-refractivity contribution < 1.29 is 14.5 Å². The van der Waals surface area contributed by atoms with Crippen LogP contribution in [-0.2, 0) is 13.0 Å². The van der Waals surface area contributed by atoms with Gasteiger partial charge < -0.3 is 4.52 Å². The van der Waals surface area contributed by atoms with E-state index in [2.05, 4.69) is 16.2 Å². The molecule has 0 fully saturated rings. The Bertz CT molecular complexity index is 1290. The predicted molar refractivity (Wildman–Crippen MR) is 110 cm³/mol. The molecule has 0 bridgehead atoms. The number of carbonyl (C=O) groups excluding carboxylic acids is 1. The van der Waals surface area contributed by atoms with E-state index >= 15 is 0 Å². The lowest BCUT2D eigenvalue weighted by atomic mass is 10.0. The lowest BCUT2D eigenvalue weighted by molar-refractivity contribution is 0.0706. The van der Waals surface area contributed by atoms with Crippen molar-refractivity contribution in [2.45, 2.75) is 26.8 Å². The number of hydroxylamine groups is 1. The maximum absolute atomic E-state index is 12.9. The number of hydrogen-bond donors (Lipinski definition) is 2. The van der Waals surface area contributed by atoms with Crippen LogP contribution < -0.4 is 11.0 Å². The Kier molecular flexibility index (Phi) is 5.16. The summed E-state index contributed by atoms with van der Waals surface area (Å²) in [5.41, 5.74) is 5.91. The maximum atomic E-state index is 12.9. The van der Waals surface area contributed by atoms with Crippen LogP contribution in [0.2, 0.25) is 0 Å². The molecule has 2 aromatic heterocycles. The van der Waals surface area contributed by atoms with Crippen molar-refractivity contribution in [3.8, 4) is 11.1 Å². The Labute approximate surface area is 171 Å². The molecule has 0 unspecified atom stereocenters. The largest absolute Gasteiger partial charge is 0.361 e. The standard InChI is InChI=1S/C22H20N4O4/c1-13-20(14(2)30-25-13)16-5-3-4-15(10-16)8-9-26-12-23-19-7-6-17(21(27)24-29)11-18(19)22(26)28/h3-7,10-12,29H,8-9H2,1-2H3,(H,24,27). The van der Waals surface area contributed by atoms with Crippen LogP contribution in [0.15, 0.2) is 58.1 Å². The maximum Gasteiger partial charge on any atom is 0.274 e. The lowest BCUT2D eigenvalue weighted by Crippen LogP contribution is -2.23. The van der Waals surface area contributed by atoms with Crippen LogP contribution in [0, 0.1) is 13.8 Å². The number of nitrogens with zero attached hydrogens (tertiary/aromatic N) is 3. The first-order chi connectivity index (χ1) is 14.5. The van der Waals surface area contributed by atoms with E-state index in [1.165, 1.54) is 23.0 Å². The first-order valence-corrected chi connectivity index (χ1v) is 9.43. The summed E-state index contributed by atoms with van der Waals surface area (Å²) in [6, 6.07) is 12.6. The Morgan fingerprint density at radius 3 is 2.77 bits per heavy atom. The molecule has 2 heterocycles. The summed E-state index contributed by atoms with van der Waals surface area (Å²) >= 11 is 0. The number of hydrogen-bond acceptors (Lipinski definition) is 6. The minimum atomic E-state index is -0.678. The third-order valence-corrected chi connectivity index (χ3v) is 5.08. The lowest BCUT2D eigenvalue weighted by Gasteiger charge is -2.09. The van der Waals surface area contributed by atoms with Gasteiger partial charge in [-0.15, -0.1) is 0 Å². The number of nitrogens with one attached hydrogen (secondary N) is 1. The fourth-order valence-corrected chi connectivity index (χ4v) is 3.55. The van der Waals surface area contributed by atoms with E-state index in [1.807, 2.05) is 32.0 Å². The van der Waals surface area contributed by atoms with E-state index in [1.54, 1.807) is 11.5 Å². The van der Waals surface area contributed by atoms with Crippen LogP contribution in [0.5, 0.6) is 0 Å². The molecule has 4 rings (SSSR count). The van der Waals surface area contributed by atoms with Gasteiger partial charge in [-0.2, -0.15) is 0 Å². The highest BCUT2D eigenvalue weighted by Crippen LogP contribution is 2.27. The summed E-state index contributed by atoms with van der Waals surface area (Å²) in [6.07, 6.45) is 2.13. The van der Waals surface area contributed by atoms with Gasteiger partial charge in [0.1, 0.15) is 5.76 Å². The van der Waals surface area contributed by atoms with Gasteiger partial charge in [-0.05, 0) is 49.6 Å². The van der Waals surface area contributed by atoms with Gasteiger partial charge in [0, 0.05) is 17.7 Å². The Balaban J connectivity index is 1.61. The minimum Gasteiger partial charge on any atom is -0.361 e. The fraction of sp³-hybridized carbons (Fsp3) is 0.182. The highest BCUT2D eigenvalue weighted by Gasteiger charge is 2.12. The number of rotatable bonds is 5. The molecule has 8 nitrogen and oxygen atoms in total. The van der Waals surface area contributed by atoms with Crippen molar-refractivity contribution in [2.75, 3.05) is 0 Å². The van der Waals surface area contributed by atoms with E-state index in [9.17, 15) is 9.59 Å². The highest BCUT2D eigenvalue weighted by atomic mass is 16.5. The van der Waals surface area contributed by atoms with Crippen molar-refractivity contribution in [3.63, 3.8) is 0 Å². The van der Waals surface area contributed by atoms with Gasteiger partial charge in [0.15, 0.2) is 0 Å². The average molecular weight is 404 g/mol. The normalized spacial score (nSPS) is 11.0. The topological polar surface area (TPSA) is 110 Å². The Morgan fingerprint density at radius 2 is 2.03 bits per heavy atom. The third-order valence-electron chi connectivity index (χ3n) is 5.08. The second-order valence-electron chi connectivity index (χ2n) is 7.07. The number of aryl methyl sites for hydroxylation is 4. The molecule has 1 amide bonds. The van der Waals surface area contributed by atoms with Crippen molar-refractivity contribution >= 4 is 16.8 Å². The monoisotopic (exact) mass is 404 g/mol. The van der Waals surface area contributed by atoms with E-state index in [-0.39, 0.29) is 11.1 Å². The number of fused-ring (bicyclic) bond motifs is 1. The summed E-state index contributed by atoms with van der Waals surface area (Å²) in [5, 5.41) is 13.1. The fourth-order valence-electron chi connectivity index (χ4n) is 3.55. The van der Waals surface area contributed by atoms with Crippen LogP contribution in [0.1, 0.15) is 27.4 Å². The van der Waals surface area contributed by atoms with E-state index in [0.717, 1.165) is 28.1 Å². The molecular weight excluding hydrogens is 384 g/mol. The second-order valence-corrected chi connectivity index (χ2v) is 7.07. The predicted octanol–water partition coefficient (Wildman–Crippen LogP) is 3.03. The quantitative estimate of drug-likeness (QED) is 0.391. The molecule has 152 valence electrons. The summed E-state index contributed by atoms with van der Waals surface area (Å²) in [6.45, 7) is 4.22. The summed E-state index contributed by atoms with van der Waals surface area (Å²) in [4.78, 5) is 28.8. The summed E-state index contributed by atoms with van der Waals surface area (Å²) in [5.74, 6) is 0.0881. The van der Waals surface area contributed by atoms with Gasteiger partial charge in [0.05, 0.1) is 22.9 Å². The van der Waals surface area contributed by atoms with Gasteiger partial charge in [-0.1, -0.05) is 29.4 Å². The minimum absolute atomic E-state index is 0.189. The Morgan fingerprint density at radius 1 is 1.20 bits per heavy atom. The second kappa shape index (κ2) is 7.92. The smallest absolute Gasteiger partial charge is 0.274 e. The molecule has 0 saturated heterocycles. The zero-order chi connectivity index (χ0) is 21.3. The van der Waals surface area contributed by atoms with Crippen molar-refractivity contribution in [3.05, 3.63) is 81.7 Å². The van der Waals surface area contributed by atoms with Crippen molar-refractivity contribution in [2.24, 2.45) is 0 Å². The van der Waals surface area contributed by atoms with Gasteiger partial charge >= 0.3 is 0 Å². The number of aromatic nitrogens is 3. The molecule has 4 aromatic rings. The molecule has 2 aromatic carbocycles. The van der Waals surface area contributed by atoms with Crippen LogP contribution in [0.4, 0.5) is 0 Å². The van der Waals surface area contributed by atoms with Crippen LogP contribution in [0.25, 0.3) is 22.0 Å². The molecule has 0 aliphatic rings. The van der Waals surface area contributed by atoms with Gasteiger partial charge in [-0.3, -0.25) is 19.4 Å². The third kappa shape index (κ3) is 3.60. The first-order valence-electron chi connectivity index (χ1n) is 9.43. The molecule has 0 saturated carbocycles.